The molecule has 0 aromatic heterocycles. The van der Waals surface area contributed by atoms with E-state index >= 15 is 0 Å². The van der Waals surface area contributed by atoms with Gasteiger partial charge >= 0.3 is 0 Å². The number of allylic oxidation sites excluding steroid dienone is 2. The van der Waals surface area contributed by atoms with Crippen molar-refractivity contribution in [1.29, 1.82) is 0 Å². The highest BCUT2D eigenvalue weighted by Gasteiger charge is 2.58. The van der Waals surface area contributed by atoms with Crippen LogP contribution in [0.5, 0.6) is 0 Å². The summed E-state index contributed by atoms with van der Waals surface area (Å²) in [7, 11) is 0. The predicted octanol–water partition coefficient (Wildman–Crippen LogP) is 4.69. The summed E-state index contributed by atoms with van der Waals surface area (Å²) in [5.41, 5.74) is 1.85. The number of benzene rings is 1. The van der Waals surface area contributed by atoms with Crippen LogP contribution in [0.25, 0.3) is 0 Å². The average Bonchev–Trinajstić information content (AvgIpc) is 3.06. The van der Waals surface area contributed by atoms with Crippen LogP contribution in [0.1, 0.15) is 38.7 Å². The van der Waals surface area contributed by atoms with Gasteiger partial charge in [-0.2, -0.15) is 0 Å². The molecule has 0 amide bonds. The third-order valence-corrected chi connectivity index (χ3v) is 7.09. The number of ether oxygens (including phenoxy) is 2. The Labute approximate surface area is 157 Å². The summed E-state index contributed by atoms with van der Waals surface area (Å²) in [6, 6.07) is 8.23. The van der Waals surface area contributed by atoms with Crippen molar-refractivity contribution in [3.05, 3.63) is 46.0 Å². The van der Waals surface area contributed by atoms with Gasteiger partial charge < -0.3 is 9.47 Å². The summed E-state index contributed by atoms with van der Waals surface area (Å²) in [5, 5.41) is 0. The van der Waals surface area contributed by atoms with Crippen LogP contribution in [0.3, 0.4) is 0 Å². The van der Waals surface area contributed by atoms with Crippen molar-refractivity contribution < 1.29 is 14.3 Å². The van der Waals surface area contributed by atoms with E-state index in [0.29, 0.717) is 25.4 Å². The first-order chi connectivity index (χ1) is 11.9. The number of halogens is 1. The lowest BCUT2D eigenvalue weighted by molar-refractivity contribution is -0.239. The quantitative estimate of drug-likeness (QED) is 0.717. The van der Waals surface area contributed by atoms with E-state index in [-0.39, 0.29) is 17.3 Å². The third-order valence-electron chi connectivity index (χ3n) is 6.60. The highest BCUT2D eigenvalue weighted by molar-refractivity contribution is 9.10. The number of fused-ring (bicyclic) bond motifs is 1. The van der Waals surface area contributed by atoms with E-state index in [0.717, 1.165) is 29.3 Å². The van der Waals surface area contributed by atoms with E-state index in [1.54, 1.807) is 0 Å². The predicted molar refractivity (Wildman–Crippen MR) is 100 cm³/mol. The van der Waals surface area contributed by atoms with E-state index in [4.69, 9.17) is 9.47 Å². The second kappa shape index (κ2) is 6.33. The molecule has 3 atom stereocenters. The first kappa shape index (κ1) is 17.4. The molecule has 4 rings (SSSR count). The van der Waals surface area contributed by atoms with Crippen LogP contribution in [0.2, 0.25) is 0 Å². The topological polar surface area (TPSA) is 35.5 Å². The third kappa shape index (κ3) is 2.83. The van der Waals surface area contributed by atoms with Crippen LogP contribution in [0.15, 0.2) is 40.4 Å². The SMILES string of the molecule is C[C@H]1[C@@H]2CC=C(Cc3cccc(Br)c3)C(=O)[C@@]2(C)CCC12OCCO2. The molecule has 25 heavy (non-hydrogen) atoms. The maximum Gasteiger partial charge on any atom is 0.171 e. The van der Waals surface area contributed by atoms with Crippen molar-refractivity contribution in [3.8, 4) is 0 Å². The lowest BCUT2D eigenvalue weighted by Crippen LogP contribution is -2.55. The molecule has 0 bridgehead atoms. The van der Waals surface area contributed by atoms with Crippen LogP contribution < -0.4 is 0 Å². The lowest BCUT2D eigenvalue weighted by atomic mass is 9.55. The fourth-order valence-corrected chi connectivity index (χ4v) is 5.52. The molecule has 3 aliphatic rings. The number of carbonyl (C=O) groups is 1. The molecule has 0 N–H and O–H groups in total. The van der Waals surface area contributed by atoms with Crippen LogP contribution in [0.4, 0.5) is 0 Å². The molecule has 134 valence electrons. The Morgan fingerprint density at radius 1 is 1.24 bits per heavy atom. The molecule has 0 unspecified atom stereocenters. The molecule has 1 aromatic carbocycles. The maximum atomic E-state index is 13.4. The fourth-order valence-electron chi connectivity index (χ4n) is 5.08. The van der Waals surface area contributed by atoms with Crippen molar-refractivity contribution in [2.75, 3.05) is 13.2 Å². The second-order valence-electron chi connectivity index (χ2n) is 7.92. The van der Waals surface area contributed by atoms with Crippen LogP contribution in [-0.2, 0) is 20.7 Å². The minimum Gasteiger partial charge on any atom is -0.347 e. The number of ketones is 1. The summed E-state index contributed by atoms with van der Waals surface area (Å²) >= 11 is 3.52. The molecule has 4 heteroatoms. The zero-order valence-corrected chi connectivity index (χ0v) is 16.5. The minimum absolute atomic E-state index is 0.237. The number of rotatable bonds is 2. The van der Waals surface area contributed by atoms with Gasteiger partial charge in [0.05, 0.1) is 13.2 Å². The molecule has 1 saturated heterocycles. The van der Waals surface area contributed by atoms with Crippen molar-refractivity contribution in [2.24, 2.45) is 17.3 Å². The summed E-state index contributed by atoms with van der Waals surface area (Å²) in [5.74, 6) is 0.392. The highest BCUT2D eigenvalue weighted by Crippen LogP contribution is 2.56. The average molecular weight is 405 g/mol. The van der Waals surface area contributed by atoms with Crippen molar-refractivity contribution >= 4 is 21.7 Å². The molecule has 0 radical (unpaired) electrons. The van der Waals surface area contributed by atoms with Gasteiger partial charge in [-0.05, 0) is 42.0 Å². The Balaban J connectivity index is 1.60. The van der Waals surface area contributed by atoms with Crippen molar-refractivity contribution in [1.82, 2.24) is 0 Å². The smallest absolute Gasteiger partial charge is 0.171 e. The Morgan fingerprint density at radius 3 is 2.72 bits per heavy atom. The Kier molecular flexibility index (Phi) is 4.41. The van der Waals surface area contributed by atoms with E-state index in [2.05, 4.69) is 48.0 Å². The van der Waals surface area contributed by atoms with Crippen LogP contribution >= 0.6 is 15.9 Å². The van der Waals surface area contributed by atoms with Gasteiger partial charge in [0.2, 0.25) is 0 Å². The fraction of sp³-hybridized carbons (Fsp3) is 0.571. The Morgan fingerprint density at radius 2 is 2.00 bits per heavy atom. The van der Waals surface area contributed by atoms with E-state index in [9.17, 15) is 4.79 Å². The molecule has 1 heterocycles. The summed E-state index contributed by atoms with van der Waals surface area (Å²) in [4.78, 5) is 13.4. The van der Waals surface area contributed by atoms with Crippen molar-refractivity contribution in [3.63, 3.8) is 0 Å². The molecular weight excluding hydrogens is 380 g/mol. The van der Waals surface area contributed by atoms with Gasteiger partial charge in [-0.3, -0.25) is 4.79 Å². The summed E-state index contributed by atoms with van der Waals surface area (Å²) < 4.78 is 13.1. The van der Waals surface area contributed by atoms with Gasteiger partial charge in [-0.15, -0.1) is 0 Å². The van der Waals surface area contributed by atoms with Gasteiger partial charge in [-0.1, -0.05) is 48.0 Å². The van der Waals surface area contributed by atoms with E-state index in [1.165, 1.54) is 5.56 Å². The highest BCUT2D eigenvalue weighted by atomic mass is 79.9. The Bertz CT molecular complexity index is 720. The Hall–Kier alpha value is -0.970. The largest absolute Gasteiger partial charge is 0.347 e. The molecule has 1 aromatic rings. The number of carbonyl (C=O) groups excluding carboxylic acids is 1. The van der Waals surface area contributed by atoms with Gasteiger partial charge in [0.15, 0.2) is 11.6 Å². The van der Waals surface area contributed by atoms with E-state index < -0.39 is 5.79 Å². The van der Waals surface area contributed by atoms with Crippen LogP contribution in [0, 0.1) is 17.3 Å². The maximum absolute atomic E-state index is 13.4. The molecule has 1 aliphatic heterocycles. The zero-order chi connectivity index (χ0) is 17.7. The van der Waals surface area contributed by atoms with Gasteiger partial charge in [0.1, 0.15) is 0 Å². The molecule has 1 saturated carbocycles. The molecule has 2 aliphatic carbocycles. The zero-order valence-electron chi connectivity index (χ0n) is 14.9. The summed E-state index contributed by atoms with van der Waals surface area (Å²) in [6.07, 6.45) is 5.47. The molecule has 1 spiro atoms. The second-order valence-corrected chi connectivity index (χ2v) is 8.84. The van der Waals surface area contributed by atoms with Gasteiger partial charge in [0, 0.05) is 28.6 Å². The van der Waals surface area contributed by atoms with Gasteiger partial charge in [0.25, 0.3) is 0 Å². The standard InChI is InChI=1S/C21H25BrO3/c1-14-18-7-6-16(12-15-4-3-5-17(22)13-15)19(23)20(18,2)8-9-21(14)24-10-11-25-21/h3-6,13-14,18H,7-12H2,1-2H3/t14-,18-,20-/m0/s1. The van der Waals surface area contributed by atoms with Gasteiger partial charge in [-0.25, -0.2) is 0 Å². The first-order valence-corrected chi connectivity index (χ1v) is 10.0. The number of hydrogen-bond donors (Lipinski definition) is 0. The summed E-state index contributed by atoms with van der Waals surface area (Å²) in [6.45, 7) is 5.71. The minimum atomic E-state index is -0.458. The molecule has 3 nitrogen and oxygen atoms in total. The number of Topliss-reactive ketones (excluding diaryl/α,β-unsaturated/α-hetero) is 1. The molecular formula is C21H25BrO3. The van der Waals surface area contributed by atoms with Crippen LogP contribution in [-0.4, -0.2) is 24.8 Å². The molecule has 2 fully saturated rings. The monoisotopic (exact) mass is 404 g/mol. The number of hydrogen-bond acceptors (Lipinski definition) is 3. The van der Waals surface area contributed by atoms with Crippen molar-refractivity contribution in [2.45, 2.75) is 45.3 Å². The van der Waals surface area contributed by atoms with E-state index in [1.807, 2.05) is 12.1 Å². The first-order valence-electron chi connectivity index (χ1n) is 9.21. The normalized spacial score (nSPS) is 34.0. The lowest BCUT2D eigenvalue weighted by Gasteiger charge is -2.52.